The highest BCUT2D eigenvalue weighted by Crippen LogP contribution is 2.37. The summed E-state index contributed by atoms with van der Waals surface area (Å²) in [6.45, 7) is -0.322. The van der Waals surface area contributed by atoms with Crippen molar-refractivity contribution in [2.45, 2.75) is 11.1 Å². The predicted octanol–water partition coefficient (Wildman–Crippen LogP) is 0.472. The molecule has 0 aliphatic carbocycles. The van der Waals surface area contributed by atoms with Gasteiger partial charge in [0.2, 0.25) is 10.0 Å². The van der Waals surface area contributed by atoms with E-state index in [1.54, 1.807) is 0 Å². The highest BCUT2D eigenvalue weighted by atomic mass is 32.2. The van der Waals surface area contributed by atoms with E-state index < -0.39 is 43.9 Å². The molecule has 0 saturated heterocycles. The number of aromatic carboxylic acids is 1. The van der Waals surface area contributed by atoms with E-state index in [4.69, 9.17) is 20.1 Å². The quantitative estimate of drug-likeness (QED) is 0.487. The van der Waals surface area contributed by atoms with Crippen molar-refractivity contribution in [2.75, 3.05) is 31.7 Å². The van der Waals surface area contributed by atoms with Crippen molar-refractivity contribution in [3.63, 3.8) is 0 Å². The van der Waals surface area contributed by atoms with Crippen LogP contribution in [0.2, 0.25) is 0 Å². The molecule has 0 radical (unpaired) electrons. The molecular formula is C12H15F3N2O6S. The van der Waals surface area contributed by atoms with Gasteiger partial charge in [-0.05, 0) is 12.1 Å². The largest absolute Gasteiger partial charge is 0.478 e. The van der Waals surface area contributed by atoms with Crippen LogP contribution in [0.4, 0.5) is 18.9 Å². The molecule has 0 fully saturated rings. The Hall–Kier alpha value is -1.89. The van der Waals surface area contributed by atoms with Gasteiger partial charge in [0.1, 0.15) is 0 Å². The van der Waals surface area contributed by atoms with Crippen LogP contribution in [0.5, 0.6) is 0 Å². The molecule has 12 heteroatoms. The molecule has 0 atom stereocenters. The first-order valence-electron chi connectivity index (χ1n) is 6.42. The summed E-state index contributed by atoms with van der Waals surface area (Å²) in [6, 6.07) is 0.729. The van der Waals surface area contributed by atoms with Crippen LogP contribution in [0, 0.1) is 0 Å². The summed E-state index contributed by atoms with van der Waals surface area (Å²) in [6.07, 6.45) is -5.05. The zero-order valence-electron chi connectivity index (χ0n) is 12.1. The van der Waals surface area contributed by atoms with Crippen molar-refractivity contribution < 1.29 is 41.3 Å². The van der Waals surface area contributed by atoms with Crippen LogP contribution < -0.4 is 10.5 Å². The second-order valence-corrected chi connectivity index (χ2v) is 6.03. The average molecular weight is 372 g/mol. The lowest BCUT2D eigenvalue weighted by Gasteiger charge is -2.16. The molecule has 0 bridgehead atoms. The third kappa shape index (κ3) is 5.33. The smallest absolute Gasteiger partial charge is 0.417 e. The average Bonchev–Trinajstić information content (AvgIpc) is 2.44. The summed E-state index contributed by atoms with van der Waals surface area (Å²) in [5, 5.41) is 24.7. The minimum Gasteiger partial charge on any atom is -0.478 e. The Labute approximate surface area is 135 Å². The molecule has 0 aromatic heterocycles. The molecule has 0 heterocycles. The summed E-state index contributed by atoms with van der Waals surface area (Å²) < 4.78 is 66.7. The maximum atomic E-state index is 13.0. The van der Waals surface area contributed by atoms with Gasteiger partial charge < -0.3 is 20.3 Å². The highest BCUT2D eigenvalue weighted by Gasteiger charge is 2.38. The van der Waals surface area contributed by atoms with Crippen LogP contribution in [0.15, 0.2) is 17.0 Å². The van der Waals surface area contributed by atoms with E-state index in [2.05, 4.69) is 5.32 Å². The van der Waals surface area contributed by atoms with Gasteiger partial charge in [0.15, 0.2) is 0 Å². The Bertz CT molecular complexity index is 705. The second-order valence-electron chi connectivity index (χ2n) is 4.50. The topological polar surface area (TPSA) is 139 Å². The van der Waals surface area contributed by atoms with Crippen LogP contribution in [0.3, 0.4) is 0 Å². The number of nitrogens with two attached hydrogens (primary N) is 1. The maximum absolute atomic E-state index is 13.0. The van der Waals surface area contributed by atoms with Crippen LogP contribution in [-0.2, 0) is 20.9 Å². The van der Waals surface area contributed by atoms with Crippen LogP contribution in [-0.4, -0.2) is 51.0 Å². The normalized spacial score (nSPS) is 12.2. The van der Waals surface area contributed by atoms with Gasteiger partial charge in [-0.15, -0.1) is 0 Å². The van der Waals surface area contributed by atoms with Gasteiger partial charge in [0.05, 0.1) is 35.8 Å². The van der Waals surface area contributed by atoms with E-state index in [9.17, 15) is 26.4 Å². The van der Waals surface area contributed by atoms with Crippen LogP contribution >= 0.6 is 0 Å². The molecule has 1 rings (SSSR count). The van der Waals surface area contributed by atoms with E-state index >= 15 is 0 Å². The minimum atomic E-state index is -5.05. The van der Waals surface area contributed by atoms with Crippen molar-refractivity contribution >= 4 is 21.7 Å². The Morgan fingerprint density at radius 1 is 1.29 bits per heavy atom. The van der Waals surface area contributed by atoms with Gasteiger partial charge in [-0.25, -0.2) is 18.4 Å². The van der Waals surface area contributed by atoms with E-state index in [-0.39, 0.29) is 26.4 Å². The number of primary sulfonamides is 1. The fourth-order valence-corrected chi connectivity index (χ4v) is 2.55. The van der Waals surface area contributed by atoms with Crippen LogP contribution in [0.25, 0.3) is 0 Å². The number of sulfonamides is 1. The molecule has 24 heavy (non-hydrogen) atoms. The molecule has 0 aliphatic rings. The van der Waals surface area contributed by atoms with E-state index in [1.165, 1.54) is 0 Å². The molecule has 0 spiro atoms. The summed E-state index contributed by atoms with van der Waals surface area (Å²) in [5.41, 5.74) is -2.70. The first-order valence-corrected chi connectivity index (χ1v) is 7.97. The Kier molecular flexibility index (Phi) is 6.54. The number of hydrogen-bond donors (Lipinski definition) is 4. The lowest BCUT2D eigenvalue weighted by Crippen LogP contribution is -2.21. The monoisotopic (exact) mass is 372 g/mol. The number of ether oxygens (including phenoxy) is 1. The Balaban J connectivity index is 3.30. The number of anilines is 1. The first kappa shape index (κ1) is 20.2. The molecule has 5 N–H and O–H groups in total. The Morgan fingerprint density at radius 3 is 2.38 bits per heavy atom. The molecule has 8 nitrogen and oxygen atoms in total. The van der Waals surface area contributed by atoms with Gasteiger partial charge >= 0.3 is 12.1 Å². The molecule has 136 valence electrons. The molecule has 0 amide bonds. The van der Waals surface area contributed by atoms with Crippen molar-refractivity contribution in [1.82, 2.24) is 0 Å². The second kappa shape index (κ2) is 7.79. The number of carboxylic acids is 1. The van der Waals surface area contributed by atoms with Gasteiger partial charge in [0, 0.05) is 12.2 Å². The predicted molar refractivity (Wildman–Crippen MR) is 76.2 cm³/mol. The summed E-state index contributed by atoms with van der Waals surface area (Å²) >= 11 is 0. The first-order chi connectivity index (χ1) is 11.0. The van der Waals surface area contributed by atoms with Crippen LogP contribution in [0.1, 0.15) is 15.9 Å². The minimum absolute atomic E-state index is 0.00558. The summed E-state index contributed by atoms with van der Waals surface area (Å²) in [4.78, 5) is 9.85. The van der Waals surface area contributed by atoms with Crippen molar-refractivity contribution in [2.24, 2.45) is 5.14 Å². The SMILES string of the molecule is NS(=O)(=O)c1cc(C(=O)O)c(NCCOCCO)cc1C(F)(F)F. The molecule has 0 aliphatic heterocycles. The fraction of sp³-hybridized carbons (Fsp3) is 0.417. The highest BCUT2D eigenvalue weighted by molar-refractivity contribution is 7.89. The van der Waals surface area contributed by atoms with Crippen molar-refractivity contribution in [1.29, 1.82) is 0 Å². The molecule has 0 unspecified atom stereocenters. The van der Waals surface area contributed by atoms with Gasteiger partial charge in [-0.3, -0.25) is 0 Å². The number of carbonyl (C=O) groups is 1. The van der Waals surface area contributed by atoms with E-state index in [1.807, 2.05) is 0 Å². The number of hydrogen-bond acceptors (Lipinski definition) is 6. The van der Waals surface area contributed by atoms with E-state index in [0.717, 1.165) is 0 Å². The zero-order valence-corrected chi connectivity index (χ0v) is 12.9. The molecule has 1 aromatic rings. The molecular weight excluding hydrogens is 357 g/mol. The number of aliphatic hydroxyl groups is 1. The Morgan fingerprint density at radius 2 is 1.92 bits per heavy atom. The van der Waals surface area contributed by atoms with Crippen molar-refractivity contribution in [3.05, 3.63) is 23.3 Å². The number of aliphatic hydroxyl groups excluding tert-OH is 1. The van der Waals surface area contributed by atoms with Gasteiger partial charge in [-0.2, -0.15) is 13.2 Å². The number of benzene rings is 1. The lowest BCUT2D eigenvalue weighted by molar-refractivity contribution is -0.139. The third-order valence-electron chi connectivity index (χ3n) is 2.76. The summed E-state index contributed by atoms with van der Waals surface area (Å²) in [7, 11) is -4.79. The lowest BCUT2D eigenvalue weighted by atomic mass is 10.1. The number of nitrogens with one attached hydrogen (secondary N) is 1. The van der Waals surface area contributed by atoms with E-state index in [0.29, 0.717) is 12.1 Å². The van der Waals surface area contributed by atoms with Gasteiger partial charge in [-0.1, -0.05) is 0 Å². The zero-order chi connectivity index (χ0) is 18.5. The molecule has 0 saturated carbocycles. The number of rotatable bonds is 8. The number of carboxylic acid groups (broad SMARTS) is 1. The number of halogens is 3. The standard InChI is InChI=1S/C12H15F3N2O6S/c13-12(14,15)8-6-9(17-1-3-23-4-2-18)7(11(19)20)5-10(8)24(16,21)22/h5-6,17-18H,1-4H2,(H,19,20)(H2,16,21,22). The van der Waals surface area contributed by atoms with Gasteiger partial charge in [0.25, 0.3) is 0 Å². The molecule has 1 aromatic carbocycles. The van der Waals surface area contributed by atoms with Crippen molar-refractivity contribution in [3.8, 4) is 0 Å². The number of alkyl halides is 3. The fourth-order valence-electron chi connectivity index (χ4n) is 1.78. The summed E-state index contributed by atoms with van der Waals surface area (Å²) in [5.74, 6) is -1.63. The maximum Gasteiger partial charge on any atom is 0.417 e. The third-order valence-corrected chi connectivity index (χ3v) is 3.71.